The summed E-state index contributed by atoms with van der Waals surface area (Å²) in [4.78, 5) is 0. The fourth-order valence-electron chi connectivity index (χ4n) is 0.447. The maximum absolute atomic E-state index is 2.37. The summed E-state index contributed by atoms with van der Waals surface area (Å²) in [5.41, 5.74) is 0. The van der Waals surface area contributed by atoms with Gasteiger partial charge in [-0.15, -0.1) is 0 Å². The van der Waals surface area contributed by atoms with E-state index in [9.17, 15) is 0 Å². The van der Waals surface area contributed by atoms with E-state index >= 15 is 0 Å². The van der Waals surface area contributed by atoms with Crippen molar-refractivity contribution in [3.05, 3.63) is 0 Å². The van der Waals surface area contributed by atoms with Gasteiger partial charge in [-0.3, -0.25) is 0 Å². The molecule has 0 saturated carbocycles. The molecular formula is C4H13GeN. The third kappa shape index (κ3) is 4.50. The Bertz CT molecular complexity index is 28.7. The first-order valence-electron chi connectivity index (χ1n) is 2.42. The molecule has 0 aromatic carbocycles. The molecule has 2 heteroatoms. The Hall–Kier alpha value is 0.503. The van der Waals surface area contributed by atoms with Crippen molar-refractivity contribution in [2.24, 2.45) is 0 Å². The van der Waals surface area contributed by atoms with Gasteiger partial charge in [0.05, 0.1) is 0 Å². The fraction of sp³-hybridized carbons (Fsp3) is 1.00. The molecule has 0 aliphatic rings. The van der Waals surface area contributed by atoms with Gasteiger partial charge in [-0.1, -0.05) is 0 Å². The molecule has 0 aliphatic carbocycles. The molecule has 0 radical (unpaired) electrons. The van der Waals surface area contributed by atoms with Crippen molar-refractivity contribution in [1.29, 1.82) is 0 Å². The average Bonchev–Trinajstić information content (AvgIpc) is 1.35. The molecule has 0 bridgehead atoms. The molecule has 0 unspecified atom stereocenters. The molecule has 0 aliphatic heterocycles. The van der Waals surface area contributed by atoms with Gasteiger partial charge in [0.1, 0.15) is 0 Å². The van der Waals surface area contributed by atoms with Crippen molar-refractivity contribution in [2.45, 2.75) is 12.2 Å². The fourth-order valence-corrected chi connectivity index (χ4v) is 2.32. The SMILES string of the molecule is C[CH2][GeH2][N](C)C. The molecule has 0 atom stereocenters. The Morgan fingerprint density at radius 1 is 1.50 bits per heavy atom. The van der Waals surface area contributed by atoms with Crippen molar-refractivity contribution >= 4 is 15.7 Å². The normalized spacial score (nSPS) is 12.0. The Kier molecular flexibility index (Phi) is 3.99. The first kappa shape index (κ1) is 6.50. The molecule has 6 heavy (non-hydrogen) atoms. The summed E-state index contributed by atoms with van der Waals surface area (Å²) in [5.74, 6) is 0. The van der Waals surface area contributed by atoms with Crippen molar-refractivity contribution in [1.82, 2.24) is 3.86 Å². The molecule has 0 rings (SSSR count). The van der Waals surface area contributed by atoms with Crippen LogP contribution in [-0.4, -0.2) is 33.6 Å². The summed E-state index contributed by atoms with van der Waals surface area (Å²) in [7, 11) is 4.34. The molecule has 0 saturated heterocycles. The van der Waals surface area contributed by atoms with E-state index in [4.69, 9.17) is 0 Å². The molecule has 0 aromatic heterocycles. The van der Waals surface area contributed by atoms with Gasteiger partial charge in [0, 0.05) is 0 Å². The summed E-state index contributed by atoms with van der Waals surface area (Å²) in [6, 6.07) is 0. The molecule has 0 aromatic rings. The van der Waals surface area contributed by atoms with Gasteiger partial charge in [-0.25, -0.2) is 0 Å². The van der Waals surface area contributed by atoms with E-state index in [0.29, 0.717) is 0 Å². The third-order valence-electron chi connectivity index (χ3n) is 0.671. The van der Waals surface area contributed by atoms with Gasteiger partial charge in [0.15, 0.2) is 0 Å². The number of hydrogen-bond donors (Lipinski definition) is 0. The van der Waals surface area contributed by atoms with Crippen LogP contribution in [0.1, 0.15) is 6.92 Å². The van der Waals surface area contributed by atoms with E-state index in [2.05, 4.69) is 24.9 Å². The first-order valence-corrected chi connectivity index (χ1v) is 5.84. The van der Waals surface area contributed by atoms with Crippen LogP contribution in [0.25, 0.3) is 0 Å². The second-order valence-corrected chi connectivity index (χ2v) is 7.49. The standard InChI is InChI=1S/C4H13GeN/c1-4-5-6(2)3/h4-5H2,1-3H3. The summed E-state index contributed by atoms with van der Waals surface area (Å²) in [6.45, 7) is 2.26. The van der Waals surface area contributed by atoms with Crippen molar-refractivity contribution in [3.8, 4) is 0 Å². The van der Waals surface area contributed by atoms with Gasteiger partial charge in [-0.2, -0.15) is 0 Å². The zero-order chi connectivity index (χ0) is 4.99. The van der Waals surface area contributed by atoms with E-state index in [-0.39, 0.29) is 15.7 Å². The van der Waals surface area contributed by atoms with Gasteiger partial charge in [0.2, 0.25) is 0 Å². The summed E-state index contributed by atoms with van der Waals surface area (Å²) >= 11 is -0.167. The van der Waals surface area contributed by atoms with Crippen LogP contribution in [0, 0.1) is 0 Å². The van der Waals surface area contributed by atoms with Gasteiger partial charge in [-0.05, 0) is 0 Å². The van der Waals surface area contributed by atoms with E-state index in [1.807, 2.05) is 0 Å². The number of rotatable bonds is 2. The van der Waals surface area contributed by atoms with Crippen molar-refractivity contribution in [3.63, 3.8) is 0 Å². The van der Waals surface area contributed by atoms with Crippen LogP contribution in [0.4, 0.5) is 0 Å². The number of nitrogens with zero attached hydrogens (tertiary/aromatic N) is 1. The van der Waals surface area contributed by atoms with Crippen LogP contribution in [0.15, 0.2) is 0 Å². The van der Waals surface area contributed by atoms with Crippen molar-refractivity contribution in [2.75, 3.05) is 14.1 Å². The second-order valence-electron chi connectivity index (χ2n) is 1.80. The summed E-state index contributed by atoms with van der Waals surface area (Å²) in [5, 5.41) is 1.44. The Balaban J connectivity index is 2.63. The van der Waals surface area contributed by atoms with Gasteiger partial charge in [0.25, 0.3) is 0 Å². The van der Waals surface area contributed by atoms with E-state index in [1.165, 1.54) is 5.25 Å². The van der Waals surface area contributed by atoms with E-state index in [0.717, 1.165) is 0 Å². The predicted octanol–water partition coefficient (Wildman–Crippen LogP) is 0.0700. The summed E-state index contributed by atoms with van der Waals surface area (Å²) < 4.78 is 2.37. The van der Waals surface area contributed by atoms with E-state index in [1.54, 1.807) is 0 Å². The molecule has 0 spiro atoms. The molecule has 1 nitrogen and oxygen atoms in total. The predicted molar refractivity (Wildman–Crippen MR) is 32.7 cm³/mol. The first-order chi connectivity index (χ1) is 2.77. The topological polar surface area (TPSA) is 3.24 Å². The zero-order valence-electron chi connectivity index (χ0n) is 4.86. The minimum atomic E-state index is -0.167. The Labute approximate surface area is 46.4 Å². The van der Waals surface area contributed by atoms with Crippen LogP contribution in [0.2, 0.25) is 5.25 Å². The van der Waals surface area contributed by atoms with Gasteiger partial charge >= 0.3 is 45.8 Å². The number of hydrogen-bond acceptors (Lipinski definition) is 1. The molecular weight excluding hydrogens is 135 g/mol. The average molecular weight is 148 g/mol. The maximum atomic E-state index is 2.37. The van der Waals surface area contributed by atoms with Gasteiger partial charge < -0.3 is 0 Å². The minimum absolute atomic E-state index is 0.167. The molecule has 0 N–H and O–H groups in total. The Morgan fingerprint density at radius 2 is 2.00 bits per heavy atom. The third-order valence-corrected chi connectivity index (χ3v) is 3.49. The summed E-state index contributed by atoms with van der Waals surface area (Å²) in [6.07, 6.45) is 0. The second kappa shape index (κ2) is 3.68. The molecule has 0 heterocycles. The van der Waals surface area contributed by atoms with Crippen LogP contribution in [-0.2, 0) is 0 Å². The van der Waals surface area contributed by atoms with Crippen LogP contribution in [0.3, 0.4) is 0 Å². The molecule has 38 valence electrons. The van der Waals surface area contributed by atoms with Crippen molar-refractivity contribution < 1.29 is 0 Å². The molecule has 0 amide bonds. The monoisotopic (exact) mass is 149 g/mol. The van der Waals surface area contributed by atoms with Crippen LogP contribution >= 0.6 is 0 Å². The van der Waals surface area contributed by atoms with Crippen LogP contribution < -0.4 is 0 Å². The zero-order valence-corrected chi connectivity index (χ0v) is 7.83. The molecule has 0 fully saturated rings. The van der Waals surface area contributed by atoms with Crippen LogP contribution in [0.5, 0.6) is 0 Å². The van der Waals surface area contributed by atoms with E-state index < -0.39 is 0 Å². The quantitative estimate of drug-likeness (QED) is 0.500. The Morgan fingerprint density at radius 3 is 2.00 bits per heavy atom.